The van der Waals surface area contributed by atoms with Crippen molar-refractivity contribution in [3.63, 3.8) is 0 Å². The zero-order valence-corrected chi connectivity index (χ0v) is 27.7. The van der Waals surface area contributed by atoms with Crippen LogP contribution in [0.1, 0.15) is 67.3 Å². The Morgan fingerprint density at radius 2 is 1.72 bits per heavy atom. The van der Waals surface area contributed by atoms with Crippen LogP contribution in [-0.2, 0) is 19.6 Å². The number of nitrogens with zero attached hydrogens (tertiary/aromatic N) is 2. The van der Waals surface area contributed by atoms with Crippen LogP contribution in [0.3, 0.4) is 0 Å². The lowest BCUT2D eigenvalue weighted by Crippen LogP contribution is -2.36. The Bertz CT molecular complexity index is 1310. The van der Waals surface area contributed by atoms with E-state index in [0.717, 1.165) is 43.2 Å². The Morgan fingerprint density at radius 3 is 2.30 bits per heavy atom. The van der Waals surface area contributed by atoms with E-state index in [4.69, 9.17) is 9.47 Å². The third-order valence-corrected chi connectivity index (χ3v) is 11.1. The molecule has 1 fully saturated rings. The first kappa shape index (κ1) is 35.0. The average Bonchev–Trinajstić information content (AvgIpc) is 2.96. The molecule has 1 saturated carbocycles. The first-order valence-corrected chi connectivity index (χ1v) is 16.8. The zero-order chi connectivity index (χ0) is 31.7. The number of ether oxygens (including phenoxy) is 2. The lowest BCUT2D eigenvalue weighted by atomic mass is 9.75. The van der Waals surface area contributed by atoms with Gasteiger partial charge in [-0.2, -0.15) is 4.31 Å². The minimum atomic E-state index is -3.74. The molecule has 0 spiro atoms. The second kappa shape index (κ2) is 16.0. The fraction of sp³-hybridized carbons (Fsp3) is 0.606. The van der Waals surface area contributed by atoms with Crippen LogP contribution in [0.15, 0.2) is 35.2 Å². The van der Waals surface area contributed by atoms with Gasteiger partial charge in [0.2, 0.25) is 15.9 Å². The summed E-state index contributed by atoms with van der Waals surface area (Å²) >= 11 is 0. The van der Waals surface area contributed by atoms with Gasteiger partial charge in [-0.15, -0.1) is 0 Å². The van der Waals surface area contributed by atoms with Crippen LogP contribution in [0.2, 0.25) is 0 Å². The van der Waals surface area contributed by atoms with E-state index in [9.17, 15) is 17.6 Å². The SMILES string of the molecule is CCN(CCOCC(=O)NCCC1CCC(C(c2ccc(F)cc2)N(C)C)CC1)S(=O)(=O)c1c(C)cc(OC)c(C)c1C. The smallest absolute Gasteiger partial charge is 0.245 e. The fourth-order valence-electron chi connectivity index (χ4n) is 6.45. The maximum absolute atomic E-state index is 13.5. The van der Waals surface area contributed by atoms with Gasteiger partial charge in [-0.25, -0.2) is 12.8 Å². The van der Waals surface area contributed by atoms with Gasteiger partial charge in [0.1, 0.15) is 18.2 Å². The van der Waals surface area contributed by atoms with E-state index in [-0.39, 0.29) is 37.5 Å². The van der Waals surface area contributed by atoms with E-state index in [2.05, 4.69) is 24.3 Å². The van der Waals surface area contributed by atoms with Crippen LogP contribution < -0.4 is 10.1 Å². The molecule has 1 atom stereocenters. The largest absolute Gasteiger partial charge is 0.496 e. The summed E-state index contributed by atoms with van der Waals surface area (Å²) < 4.78 is 52.7. The highest BCUT2D eigenvalue weighted by atomic mass is 32.2. The molecule has 1 amide bonds. The molecule has 10 heteroatoms. The summed E-state index contributed by atoms with van der Waals surface area (Å²) in [5.74, 6) is 1.34. The summed E-state index contributed by atoms with van der Waals surface area (Å²) in [7, 11) is 2.00. The predicted molar refractivity (Wildman–Crippen MR) is 168 cm³/mol. The van der Waals surface area contributed by atoms with Crippen LogP contribution >= 0.6 is 0 Å². The summed E-state index contributed by atoms with van der Waals surface area (Å²) in [4.78, 5) is 14.9. The number of halogens is 1. The molecular formula is C33H50FN3O5S. The predicted octanol–water partition coefficient (Wildman–Crippen LogP) is 5.40. The number of hydrogen-bond donors (Lipinski definition) is 1. The van der Waals surface area contributed by atoms with Gasteiger partial charge in [-0.3, -0.25) is 4.79 Å². The van der Waals surface area contributed by atoms with Gasteiger partial charge in [-0.05, 0) is 106 Å². The molecule has 8 nitrogen and oxygen atoms in total. The minimum absolute atomic E-state index is 0.105. The van der Waals surface area contributed by atoms with Crippen molar-refractivity contribution in [2.75, 3.05) is 54.1 Å². The standard InChI is InChI=1S/C33H50FN3O5S/c1-8-37(43(39,40)33-23(2)21-30(41-7)24(3)25(33)4)19-20-42-22-31(38)35-18-17-26-9-11-27(12-10-26)32(36(5)6)28-13-15-29(34)16-14-28/h13-16,21,26-27,32H,8-12,17-20,22H2,1-7H3,(H,35,38). The van der Waals surface area contributed by atoms with E-state index in [1.54, 1.807) is 33.9 Å². The molecule has 0 saturated heterocycles. The topological polar surface area (TPSA) is 88.2 Å². The molecule has 2 aromatic carbocycles. The molecule has 1 unspecified atom stereocenters. The molecule has 0 radical (unpaired) electrons. The van der Waals surface area contributed by atoms with Gasteiger partial charge < -0.3 is 19.7 Å². The van der Waals surface area contributed by atoms with E-state index in [1.165, 1.54) is 16.4 Å². The van der Waals surface area contributed by atoms with Crippen molar-refractivity contribution in [2.45, 2.75) is 70.7 Å². The molecule has 0 aromatic heterocycles. The van der Waals surface area contributed by atoms with Crippen molar-refractivity contribution in [1.29, 1.82) is 0 Å². The molecule has 1 N–H and O–H groups in total. The number of carbonyl (C=O) groups is 1. The number of amides is 1. The van der Waals surface area contributed by atoms with E-state index < -0.39 is 10.0 Å². The Balaban J connectivity index is 1.40. The van der Waals surface area contributed by atoms with Crippen LogP contribution in [0.4, 0.5) is 4.39 Å². The molecular weight excluding hydrogens is 569 g/mol. The van der Waals surface area contributed by atoms with Gasteiger partial charge >= 0.3 is 0 Å². The average molecular weight is 620 g/mol. The Morgan fingerprint density at radius 1 is 1.07 bits per heavy atom. The number of rotatable bonds is 15. The Hall–Kier alpha value is -2.53. The molecule has 43 heavy (non-hydrogen) atoms. The lowest BCUT2D eigenvalue weighted by molar-refractivity contribution is -0.125. The maximum atomic E-state index is 13.5. The molecule has 1 aliphatic carbocycles. The fourth-order valence-corrected chi connectivity index (χ4v) is 8.37. The quantitative estimate of drug-likeness (QED) is 0.269. The van der Waals surface area contributed by atoms with Crippen molar-refractivity contribution >= 4 is 15.9 Å². The summed E-state index contributed by atoms with van der Waals surface area (Å²) in [5, 5.41) is 2.95. The van der Waals surface area contributed by atoms with Gasteiger partial charge in [0.15, 0.2) is 0 Å². The molecule has 0 heterocycles. The summed E-state index contributed by atoms with van der Waals surface area (Å²) in [6.45, 7) is 8.29. The molecule has 0 aliphatic heterocycles. The van der Waals surface area contributed by atoms with Crippen LogP contribution in [-0.4, -0.2) is 77.6 Å². The first-order chi connectivity index (χ1) is 20.4. The number of hydrogen-bond acceptors (Lipinski definition) is 6. The van der Waals surface area contributed by atoms with Gasteiger partial charge in [0.25, 0.3) is 0 Å². The Labute approximate surface area is 258 Å². The van der Waals surface area contributed by atoms with Crippen LogP contribution in [0, 0.1) is 38.4 Å². The van der Waals surface area contributed by atoms with E-state index >= 15 is 0 Å². The monoisotopic (exact) mass is 619 g/mol. The summed E-state index contributed by atoms with van der Waals surface area (Å²) in [6.07, 6.45) is 5.35. The number of aryl methyl sites for hydroxylation is 1. The third-order valence-electron chi connectivity index (χ3n) is 8.85. The third kappa shape index (κ3) is 9.00. The molecule has 2 aromatic rings. The minimum Gasteiger partial charge on any atom is -0.496 e. The van der Waals surface area contributed by atoms with Crippen molar-refractivity contribution < 1.29 is 27.1 Å². The number of benzene rings is 2. The second-order valence-electron chi connectivity index (χ2n) is 11.9. The van der Waals surface area contributed by atoms with Crippen molar-refractivity contribution in [2.24, 2.45) is 11.8 Å². The molecule has 0 bridgehead atoms. The highest BCUT2D eigenvalue weighted by Gasteiger charge is 2.30. The lowest BCUT2D eigenvalue weighted by Gasteiger charge is -2.37. The van der Waals surface area contributed by atoms with Crippen molar-refractivity contribution in [3.8, 4) is 5.75 Å². The first-order valence-electron chi connectivity index (χ1n) is 15.3. The molecule has 1 aliphatic rings. The van der Waals surface area contributed by atoms with Gasteiger partial charge in [0, 0.05) is 25.7 Å². The highest BCUT2D eigenvalue weighted by molar-refractivity contribution is 7.89. The summed E-state index contributed by atoms with van der Waals surface area (Å²) in [6, 6.07) is 8.89. The number of carbonyl (C=O) groups excluding carboxylic acids is 1. The van der Waals surface area contributed by atoms with Crippen LogP contribution in [0.25, 0.3) is 0 Å². The highest BCUT2D eigenvalue weighted by Crippen LogP contribution is 2.40. The summed E-state index contributed by atoms with van der Waals surface area (Å²) in [5.41, 5.74) is 3.27. The number of methoxy groups -OCH3 is 1. The van der Waals surface area contributed by atoms with Gasteiger partial charge in [0.05, 0.1) is 18.6 Å². The number of sulfonamides is 1. The maximum Gasteiger partial charge on any atom is 0.245 e. The van der Waals surface area contributed by atoms with E-state index in [0.29, 0.717) is 46.7 Å². The van der Waals surface area contributed by atoms with E-state index in [1.807, 2.05) is 19.1 Å². The van der Waals surface area contributed by atoms with Crippen molar-refractivity contribution in [1.82, 2.24) is 14.5 Å². The normalized spacial score (nSPS) is 18.2. The zero-order valence-electron chi connectivity index (χ0n) is 26.9. The van der Waals surface area contributed by atoms with Crippen molar-refractivity contribution in [3.05, 3.63) is 58.4 Å². The van der Waals surface area contributed by atoms with Crippen LogP contribution in [0.5, 0.6) is 5.75 Å². The van der Waals surface area contributed by atoms with Gasteiger partial charge in [-0.1, -0.05) is 31.9 Å². The number of nitrogens with one attached hydrogen (secondary N) is 1. The second-order valence-corrected chi connectivity index (χ2v) is 13.8. The number of likely N-dealkylation sites (N-methyl/N-ethyl adjacent to an activating group) is 1. The Kier molecular flexibility index (Phi) is 13.0. The molecule has 3 rings (SSSR count). The molecule has 240 valence electrons.